The fourth-order valence-electron chi connectivity index (χ4n) is 3.65. The highest BCUT2D eigenvalue weighted by atomic mass is 16.6. The lowest BCUT2D eigenvalue weighted by atomic mass is 9.79. The van der Waals surface area contributed by atoms with Gasteiger partial charge in [0.2, 0.25) is 0 Å². The van der Waals surface area contributed by atoms with Crippen molar-refractivity contribution in [3.05, 3.63) is 34.9 Å². The normalized spacial score (nSPS) is 19.9. The maximum atomic E-state index is 12.4. The fraction of sp³-hybridized carbons (Fsp3) is 0.650. The Bertz CT molecular complexity index is 577. The second kappa shape index (κ2) is 7.56. The fourth-order valence-corrected chi connectivity index (χ4v) is 3.65. The third-order valence-electron chi connectivity index (χ3n) is 4.76. The van der Waals surface area contributed by atoms with E-state index >= 15 is 0 Å². The molecule has 1 heterocycles. The van der Waals surface area contributed by atoms with Crippen LogP contribution in [0, 0.1) is 19.8 Å². The van der Waals surface area contributed by atoms with E-state index in [2.05, 4.69) is 32.0 Å². The van der Waals surface area contributed by atoms with Gasteiger partial charge in [-0.1, -0.05) is 23.8 Å². The number of likely N-dealkylation sites (tertiary alicyclic amines) is 1. The molecule has 1 aromatic rings. The number of carbonyl (C=O) groups excluding carboxylic acids is 1. The lowest BCUT2D eigenvalue weighted by molar-refractivity contribution is 0.0152. The van der Waals surface area contributed by atoms with E-state index in [1.54, 1.807) is 0 Å². The Hall–Kier alpha value is -1.55. The van der Waals surface area contributed by atoms with E-state index in [0.717, 1.165) is 25.9 Å². The van der Waals surface area contributed by atoms with E-state index in [-0.39, 0.29) is 12.0 Å². The zero-order chi connectivity index (χ0) is 17.9. The second-order valence-electron chi connectivity index (χ2n) is 8.03. The zero-order valence-corrected chi connectivity index (χ0v) is 15.8. The quantitative estimate of drug-likeness (QED) is 0.910. The van der Waals surface area contributed by atoms with Gasteiger partial charge >= 0.3 is 6.09 Å². The van der Waals surface area contributed by atoms with Gasteiger partial charge in [0, 0.05) is 19.0 Å². The average molecular weight is 332 g/mol. The molecule has 4 heteroatoms. The van der Waals surface area contributed by atoms with Gasteiger partial charge in [0.15, 0.2) is 0 Å². The lowest BCUT2D eigenvalue weighted by Crippen LogP contribution is -2.45. The molecule has 1 aromatic carbocycles. The Kier molecular flexibility index (Phi) is 5.92. The van der Waals surface area contributed by atoms with Crippen molar-refractivity contribution in [3.63, 3.8) is 0 Å². The number of rotatable bonds is 3. The standard InChI is InChI=1S/C20H32N2O2/c1-14-8-9-17(15(2)11-14)18(12-21)16-7-6-10-22(13-16)19(23)24-20(3,4)5/h8-9,11,16,18H,6-7,10,12-13,21H2,1-5H3. The highest BCUT2D eigenvalue weighted by molar-refractivity contribution is 5.68. The van der Waals surface area contributed by atoms with Crippen LogP contribution in [0.1, 0.15) is 56.2 Å². The van der Waals surface area contributed by atoms with Crippen molar-refractivity contribution in [2.75, 3.05) is 19.6 Å². The van der Waals surface area contributed by atoms with E-state index in [4.69, 9.17) is 10.5 Å². The Morgan fingerprint density at radius 2 is 2.08 bits per heavy atom. The van der Waals surface area contributed by atoms with Crippen LogP contribution in [0.25, 0.3) is 0 Å². The lowest BCUT2D eigenvalue weighted by Gasteiger charge is -2.38. The molecule has 134 valence electrons. The maximum absolute atomic E-state index is 12.4. The minimum absolute atomic E-state index is 0.205. The summed E-state index contributed by atoms with van der Waals surface area (Å²) in [4.78, 5) is 14.2. The molecule has 0 bridgehead atoms. The molecule has 1 fully saturated rings. The molecule has 24 heavy (non-hydrogen) atoms. The summed E-state index contributed by atoms with van der Waals surface area (Å²) < 4.78 is 5.54. The Morgan fingerprint density at radius 3 is 2.67 bits per heavy atom. The van der Waals surface area contributed by atoms with E-state index in [1.165, 1.54) is 16.7 Å². The van der Waals surface area contributed by atoms with Gasteiger partial charge < -0.3 is 15.4 Å². The van der Waals surface area contributed by atoms with Crippen LogP contribution in [0.2, 0.25) is 0 Å². The Labute approximate surface area is 146 Å². The number of amides is 1. The summed E-state index contributed by atoms with van der Waals surface area (Å²) in [6.45, 7) is 12.1. The molecule has 0 spiro atoms. The molecular weight excluding hydrogens is 300 g/mol. The Morgan fingerprint density at radius 1 is 1.38 bits per heavy atom. The van der Waals surface area contributed by atoms with Crippen molar-refractivity contribution in [3.8, 4) is 0 Å². The highest BCUT2D eigenvalue weighted by Gasteiger charge is 2.32. The van der Waals surface area contributed by atoms with Crippen LogP contribution in [-0.2, 0) is 4.74 Å². The second-order valence-corrected chi connectivity index (χ2v) is 8.03. The number of carbonyl (C=O) groups is 1. The SMILES string of the molecule is Cc1ccc(C(CN)C2CCCN(C(=O)OC(C)(C)C)C2)c(C)c1. The van der Waals surface area contributed by atoms with Gasteiger partial charge in [0.05, 0.1) is 0 Å². The summed E-state index contributed by atoms with van der Waals surface area (Å²) in [7, 11) is 0. The molecular formula is C20H32N2O2. The van der Waals surface area contributed by atoms with Crippen LogP contribution in [0.3, 0.4) is 0 Å². The molecule has 2 rings (SSSR count). The molecule has 1 aliphatic heterocycles. The summed E-state index contributed by atoms with van der Waals surface area (Å²) in [6.07, 6.45) is 1.91. The van der Waals surface area contributed by atoms with Crippen molar-refractivity contribution in [2.45, 2.75) is 59.0 Å². The molecule has 2 N–H and O–H groups in total. The molecule has 0 aromatic heterocycles. The van der Waals surface area contributed by atoms with E-state index < -0.39 is 5.60 Å². The number of nitrogens with zero attached hydrogens (tertiary/aromatic N) is 1. The number of aryl methyl sites for hydroxylation is 2. The van der Waals surface area contributed by atoms with Crippen LogP contribution >= 0.6 is 0 Å². The first-order valence-corrected chi connectivity index (χ1v) is 8.96. The van der Waals surface area contributed by atoms with Crippen LogP contribution in [0.15, 0.2) is 18.2 Å². The summed E-state index contributed by atoms with van der Waals surface area (Å²) in [5.74, 6) is 0.675. The maximum Gasteiger partial charge on any atom is 0.410 e. The molecule has 2 unspecified atom stereocenters. The number of ether oxygens (including phenoxy) is 1. The van der Waals surface area contributed by atoms with Gasteiger partial charge in [0.1, 0.15) is 5.60 Å². The smallest absolute Gasteiger partial charge is 0.410 e. The number of hydrogen-bond donors (Lipinski definition) is 1. The first-order chi connectivity index (χ1) is 11.2. The topological polar surface area (TPSA) is 55.6 Å². The van der Waals surface area contributed by atoms with Crippen molar-refractivity contribution >= 4 is 6.09 Å². The van der Waals surface area contributed by atoms with Gasteiger partial charge in [-0.05, 0) is 71.0 Å². The third kappa shape index (κ3) is 4.73. The molecule has 2 atom stereocenters. The minimum Gasteiger partial charge on any atom is -0.444 e. The summed E-state index contributed by atoms with van der Waals surface area (Å²) in [5, 5.41) is 0. The van der Waals surface area contributed by atoms with Crippen molar-refractivity contribution in [1.29, 1.82) is 0 Å². The molecule has 0 radical (unpaired) electrons. The monoisotopic (exact) mass is 332 g/mol. The molecule has 1 saturated heterocycles. The highest BCUT2D eigenvalue weighted by Crippen LogP contribution is 2.33. The van der Waals surface area contributed by atoms with Crippen molar-refractivity contribution < 1.29 is 9.53 Å². The van der Waals surface area contributed by atoms with Crippen LogP contribution in [-0.4, -0.2) is 36.2 Å². The average Bonchev–Trinajstić information content (AvgIpc) is 2.49. The zero-order valence-electron chi connectivity index (χ0n) is 15.8. The minimum atomic E-state index is -0.454. The third-order valence-corrected chi connectivity index (χ3v) is 4.76. The first kappa shape index (κ1) is 18.8. The summed E-state index contributed by atoms with van der Waals surface area (Å²) in [5.41, 5.74) is 9.56. The van der Waals surface area contributed by atoms with Crippen molar-refractivity contribution in [2.24, 2.45) is 11.7 Å². The largest absolute Gasteiger partial charge is 0.444 e. The number of piperidine rings is 1. The molecule has 0 saturated carbocycles. The van der Waals surface area contributed by atoms with Gasteiger partial charge in [-0.2, -0.15) is 0 Å². The van der Waals surface area contributed by atoms with E-state index in [9.17, 15) is 4.79 Å². The van der Waals surface area contributed by atoms with Gasteiger partial charge in [-0.25, -0.2) is 4.79 Å². The van der Waals surface area contributed by atoms with Gasteiger partial charge in [0.25, 0.3) is 0 Å². The van der Waals surface area contributed by atoms with E-state index in [0.29, 0.717) is 12.5 Å². The molecule has 4 nitrogen and oxygen atoms in total. The first-order valence-electron chi connectivity index (χ1n) is 8.96. The number of benzene rings is 1. The number of hydrogen-bond acceptors (Lipinski definition) is 3. The van der Waals surface area contributed by atoms with Crippen molar-refractivity contribution in [1.82, 2.24) is 4.90 Å². The van der Waals surface area contributed by atoms with Gasteiger partial charge in [-0.15, -0.1) is 0 Å². The predicted molar refractivity (Wildman–Crippen MR) is 98.2 cm³/mol. The molecule has 0 aliphatic carbocycles. The van der Waals surface area contributed by atoms with Crippen LogP contribution in [0.5, 0.6) is 0 Å². The summed E-state index contributed by atoms with van der Waals surface area (Å²) >= 11 is 0. The van der Waals surface area contributed by atoms with Gasteiger partial charge in [-0.3, -0.25) is 0 Å². The molecule has 1 amide bonds. The predicted octanol–water partition coefficient (Wildman–Crippen LogP) is 3.99. The molecule has 1 aliphatic rings. The van der Waals surface area contributed by atoms with Crippen LogP contribution < -0.4 is 5.73 Å². The van der Waals surface area contributed by atoms with E-state index in [1.807, 2.05) is 25.7 Å². The van der Waals surface area contributed by atoms with Crippen LogP contribution in [0.4, 0.5) is 4.79 Å². The number of nitrogens with two attached hydrogens (primary N) is 1. The Balaban J connectivity index is 2.13. The summed E-state index contributed by atoms with van der Waals surface area (Å²) in [6, 6.07) is 6.57.